The topological polar surface area (TPSA) is 29.3 Å². The Kier molecular flexibility index (Phi) is 5.64. The van der Waals surface area contributed by atoms with Gasteiger partial charge in [0, 0.05) is 28.2 Å². The van der Waals surface area contributed by atoms with E-state index in [4.69, 9.17) is 5.73 Å². The van der Waals surface area contributed by atoms with E-state index in [0.717, 1.165) is 21.9 Å². The van der Waals surface area contributed by atoms with Crippen LogP contribution in [-0.2, 0) is 13.0 Å². The maximum absolute atomic E-state index is 5.61. The average molecular weight is 398 g/mol. The smallest absolute Gasteiger partial charge is 0.0437 e. The second-order valence-electron chi connectivity index (χ2n) is 4.76. The van der Waals surface area contributed by atoms with Gasteiger partial charge in [0.25, 0.3) is 0 Å². The molecule has 20 heavy (non-hydrogen) atoms. The summed E-state index contributed by atoms with van der Waals surface area (Å²) < 4.78 is 2.27. The SMILES string of the molecule is CN(Cc1ccccc1Br)c1ccc(CCN)c(Br)c1. The van der Waals surface area contributed by atoms with Gasteiger partial charge in [-0.2, -0.15) is 0 Å². The van der Waals surface area contributed by atoms with Gasteiger partial charge < -0.3 is 10.6 Å². The summed E-state index contributed by atoms with van der Waals surface area (Å²) in [5.74, 6) is 0. The lowest BCUT2D eigenvalue weighted by atomic mass is 10.1. The van der Waals surface area contributed by atoms with Crippen molar-refractivity contribution in [2.24, 2.45) is 5.73 Å². The molecule has 0 aliphatic rings. The van der Waals surface area contributed by atoms with Crippen LogP contribution >= 0.6 is 31.9 Å². The van der Waals surface area contributed by atoms with Gasteiger partial charge in [-0.1, -0.05) is 56.1 Å². The largest absolute Gasteiger partial charge is 0.370 e. The van der Waals surface area contributed by atoms with Crippen molar-refractivity contribution in [2.45, 2.75) is 13.0 Å². The third kappa shape index (κ3) is 3.84. The van der Waals surface area contributed by atoms with Crippen molar-refractivity contribution in [3.05, 3.63) is 62.5 Å². The van der Waals surface area contributed by atoms with Crippen molar-refractivity contribution in [2.75, 3.05) is 18.5 Å². The standard InChI is InChI=1S/C16H18Br2N2/c1-20(11-13-4-2-3-5-15(13)17)14-7-6-12(8-9-19)16(18)10-14/h2-7,10H,8-9,11,19H2,1H3. The molecule has 0 unspecified atom stereocenters. The van der Waals surface area contributed by atoms with E-state index in [-0.39, 0.29) is 0 Å². The van der Waals surface area contributed by atoms with Crippen LogP contribution in [-0.4, -0.2) is 13.6 Å². The minimum atomic E-state index is 0.671. The second kappa shape index (κ2) is 7.25. The van der Waals surface area contributed by atoms with E-state index in [9.17, 15) is 0 Å². The predicted octanol–water partition coefficient (Wildman–Crippen LogP) is 4.35. The molecule has 2 rings (SSSR count). The predicted molar refractivity (Wildman–Crippen MR) is 93.1 cm³/mol. The molecule has 0 atom stereocenters. The molecule has 0 saturated carbocycles. The van der Waals surface area contributed by atoms with E-state index < -0.39 is 0 Å². The van der Waals surface area contributed by atoms with Crippen molar-refractivity contribution in [3.8, 4) is 0 Å². The van der Waals surface area contributed by atoms with Gasteiger partial charge in [-0.05, 0) is 42.3 Å². The normalized spacial score (nSPS) is 10.6. The number of benzene rings is 2. The minimum Gasteiger partial charge on any atom is -0.370 e. The maximum Gasteiger partial charge on any atom is 0.0437 e. The van der Waals surface area contributed by atoms with Gasteiger partial charge in [0.05, 0.1) is 0 Å². The molecule has 2 aromatic rings. The van der Waals surface area contributed by atoms with Crippen molar-refractivity contribution >= 4 is 37.5 Å². The zero-order valence-corrected chi connectivity index (χ0v) is 14.6. The van der Waals surface area contributed by atoms with Gasteiger partial charge in [-0.25, -0.2) is 0 Å². The van der Waals surface area contributed by atoms with E-state index in [0.29, 0.717) is 6.54 Å². The zero-order valence-electron chi connectivity index (χ0n) is 11.4. The molecule has 0 aliphatic heterocycles. The first kappa shape index (κ1) is 15.5. The Morgan fingerprint density at radius 1 is 1.00 bits per heavy atom. The molecule has 0 heterocycles. The van der Waals surface area contributed by atoms with E-state index >= 15 is 0 Å². The van der Waals surface area contributed by atoms with Crippen LogP contribution in [0.15, 0.2) is 51.4 Å². The Morgan fingerprint density at radius 2 is 1.75 bits per heavy atom. The molecule has 2 N–H and O–H groups in total. The Bertz CT molecular complexity index is 584. The lowest BCUT2D eigenvalue weighted by molar-refractivity contribution is 0.913. The van der Waals surface area contributed by atoms with E-state index in [1.165, 1.54) is 16.8 Å². The van der Waals surface area contributed by atoms with Gasteiger partial charge in [0.2, 0.25) is 0 Å². The van der Waals surface area contributed by atoms with Crippen molar-refractivity contribution in [1.29, 1.82) is 0 Å². The average Bonchev–Trinajstić information content (AvgIpc) is 2.43. The number of nitrogens with two attached hydrogens (primary N) is 1. The highest BCUT2D eigenvalue weighted by atomic mass is 79.9. The molecule has 0 saturated heterocycles. The molecule has 106 valence electrons. The van der Waals surface area contributed by atoms with Crippen LogP contribution in [0.1, 0.15) is 11.1 Å². The van der Waals surface area contributed by atoms with Crippen LogP contribution in [0.25, 0.3) is 0 Å². The molecule has 2 nitrogen and oxygen atoms in total. The first-order valence-corrected chi connectivity index (χ1v) is 8.13. The molecular formula is C16H18Br2N2. The summed E-state index contributed by atoms with van der Waals surface area (Å²) in [6.45, 7) is 1.54. The summed E-state index contributed by atoms with van der Waals surface area (Å²) >= 11 is 7.22. The van der Waals surface area contributed by atoms with Crippen molar-refractivity contribution in [3.63, 3.8) is 0 Å². The number of anilines is 1. The van der Waals surface area contributed by atoms with Crippen LogP contribution < -0.4 is 10.6 Å². The summed E-state index contributed by atoms with van der Waals surface area (Å²) in [4.78, 5) is 2.23. The van der Waals surface area contributed by atoms with Gasteiger partial charge in [-0.15, -0.1) is 0 Å². The molecule has 0 fully saturated rings. The maximum atomic E-state index is 5.61. The lowest BCUT2D eigenvalue weighted by Gasteiger charge is -2.21. The number of hydrogen-bond donors (Lipinski definition) is 1. The fraction of sp³-hybridized carbons (Fsp3) is 0.250. The van der Waals surface area contributed by atoms with Gasteiger partial charge in [-0.3, -0.25) is 0 Å². The molecule has 0 aromatic heterocycles. The summed E-state index contributed by atoms with van der Waals surface area (Å²) in [5.41, 5.74) is 9.33. The molecule has 0 radical (unpaired) electrons. The fourth-order valence-electron chi connectivity index (χ4n) is 2.11. The first-order chi connectivity index (χ1) is 9.61. The third-order valence-corrected chi connectivity index (χ3v) is 4.77. The third-order valence-electron chi connectivity index (χ3n) is 3.26. The molecular weight excluding hydrogens is 380 g/mol. The highest BCUT2D eigenvalue weighted by molar-refractivity contribution is 9.10. The van der Waals surface area contributed by atoms with Crippen LogP contribution in [0, 0.1) is 0 Å². The summed E-state index contributed by atoms with van der Waals surface area (Å²) in [6, 6.07) is 14.7. The Hall–Kier alpha value is -0.840. The van der Waals surface area contributed by atoms with E-state index in [2.05, 4.69) is 80.2 Å². The van der Waals surface area contributed by atoms with Gasteiger partial charge >= 0.3 is 0 Å². The van der Waals surface area contributed by atoms with Crippen molar-refractivity contribution < 1.29 is 0 Å². The quantitative estimate of drug-likeness (QED) is 0.812. The highest BCUT2D eigenvalue weighted by Gasteiger charge is 2.07. The minimum absolute atomic E-state index is 0.671. The molecule has 2 aromatic carbocycles. The van der Waals surface area contributed by atoms with E-state index in [1.54, 1.807) is 0 Å². The number of hydrogen-bond acceptors (Lipinski definition) is 2. The molecule has 0 aliphatic carbocycles. The number of nitrogens with zero attached hydrogens (tertiary/aromatic N) is 1. The van der Waals surface area contributed by atoms with Crippen LogP contribution in [0.5, 0.6) is 0 Å². The summed E-state index contributed by atoms with van der Waals surface area (Å²) in [6.07, 6.45) is 0.898. The van der Waals surface area contributed by atoms with Crippen LogP contribution in [0.3, 0.4) is 0 Å². The number of halogens is 2. The van der Waals surface area contributed by atoms with E-state index in [1.807, 2.05) is 6.07 Å². The van der Waals surface area contributed by atoms with Gasteiger partial charge in [0.15, 0.2) is 0 Å². The molecule has 0 amide bonds. The molecule has 0 bridgehead atoms. The van der Waals surface area contributed by atoms with Crippen LogP contribution in [0.2, 0.25) is 0 Å². The Labute approximate surface area is 137 Å². The number of rotatable bonds is 5. The zero-order chi connectivity index (χ0) is 14.5. The molecule has 0 spiro atoms. The second-order valence-corrected chi connectivity index (χ2v) is 6.47. The first-order valence-electron chi connectivity index (χ1n) is 6.55. The molecule has 4 heteroatoms. The summed E-state index contributed by atoms with van der Waals surface area (Å²) in [5, 5.41) is 0. The summed E-state index contributed by atoms with van der Waals surface area (Å²) in [7, 11) is 2.10. The van der Waals surface area contributed by atoms with Crippen molar-refractivity contribution in [1.82, 2.24) is 0 Å². The Balaban J connectivity index is 2.15. The fourth-order valence-corrected chi connectivity index (χ4v) is 3.08. The Morgan fingerprint density at radius 3 is 2.40 bits per heavy atom. The lowest BCUT2D eigenvalue weighted by Crippen LogP contribution is -2.16. The highest BCUT2D eigenvalue weighted by Crippen LogP contribution is 2.26. The monoisotopic (exact) mass is 396 g/mol. The van der Waals surface area contributed by atoms with Gasteiger partial charge in [0.1, 0.15) is 0 Å². The van der Waals surface area contributed by atoms with Crippen LogP contribution in [0.4, 0.5) is 5.69 Å².